The summed E-state index contributed by atoms with van der Waals surface area (Å²) in [6.07, 6.45) is 1.99. The van der Waals surface area contributed by atoms with Gasteiger partial charge >= 0.3 is 0 Å². The van der Waals surface area contributed by atoms with E-state index in [2.05, 4.69) is 20.7 Å². The van der Waals surface area contributed by atoms with Crippen molar-refractivity contribution in [3.8, 4) is 0 Å². The van der Waals surface area contributed by atoms with Crippen molar-refractivity contribution in [3.05, 3.63) is 51.7 Å². The molecule has 1 atom stereocenters. The summed E-state index contributed by atoms with van der Waals surface area (Å²) >= 11 is 1.61. The zero-order valence-corrected chi connectivity index (χ0v) is 17.1. The van der Waals surface area contributed by atoms with E-state index < -0.39 is 0 Å². The van der Waals surface area contributed by atoms with Crippen molar-refractivity contribution in [2.45, 2.75) is 37.8 Å². The minimum absolute atomic E-state index is 0.00184. The quantitative estimate of drug-likeness (QED) is 0.578. The van der Waals surface area contributed by atoms with Crippen molar-refractivity contribution in [1.29, 1.82) is 0 Å². The third kappa shape index (κ3) is 4.47. The van der Waals surface area contributed by atoms with E-state index in [1.165, 1.54) is 6.07 Å². The van der Waals surface area contributed by atoms with Gasteiger partial charge in [0.25, 0.3) is 0 Å². The summed E-state index contributed by atoms with van der Waals surface area (Å²) in [5, 5.41) is 6.44. The van der Waals surface area contributed by atoms with E-state index in [0.29, 0.717) is 13.1 Å². The first-order valence-electron chi connectivity index (χ1n) is 9.13. The molecule has 1 aliphatic rings. The third-order valence-corrected chi connectivity index (χ3v) is 6.18. The van der Waals surface area contributed by atoms with Gasteiger partial charge in [-0.25, -0.2) is 9.37 Å². The predicted molar refractivity (Wildman–Crippen MR) is 108 cm³/mol. The zero-order valence-electron chi connectivity index (χ0n) is 16.3. The molecule has 0 amide bonds. The van der Waals surface area contributed by atoms with Crippen LogP contribution in [0, 0.1) is 5.82 Å². The van der Waals surface area contributed by atoms with Crippen LogP contribution in [0.5, 0.6) is 0 Å². The number of hydrogen-bond acceptors (Lipinski definition) is 4. The van der Waals surface area contributed by atoms with E-state index in [9.17, 15) is 4.39 Å². The van der Waals surface area contributed by atoms with Crippen LogP contribution < -0.4 is 5.32 Å². The molecule has 0 spiro atoms. The molecule has 27 heavy (non-hydrogen) atoms. The van der Waals surface area contributed by atoms with Gasteiger partial charge < -0.3 is 15.0 Å². The Labute approximate surface area is 164 Å². The highest BCUT2D eigenvalue weighted by molar-refractivity contribution is 7.09. The maximum atomic E-state index is 14.2. The normalized spacial score (nSPS) is 16.9. The molecule has 1 unspecified atom stereocenters. The lowest BCUT2D eigenvalue weighted by molar-refractivity contribution is 0.119. The number of benzene rings is 1. The smallest absolute Gasteiger partial charge is 0.193 e. The van der Waals surface area contributed by atoms with Crippen molar-refractivity contribution in [2.24, 2.45) is 4.99 Å². The fraction of sp³-hybridized carbons (Fsp3) is 0.500. The van der Waals surface area contributed by atoms with Gasteiger partial charge in [-0.15, -0.1) is 11.3 Å². The third-order valence-electron chi connectivity index (χ3n) is 5.13. The second-order valence-electron chi connectivity index (χ2n) is 7.07. The second kappa shape index (κ2) is 8.35. The van der Waals surface area contributed by atoms with Crippen molar-refractivity contribution >= 4 is 17.3 Å². The molecule has 0 saturated heterocycles. The lowest BCUT2D eigenvalue weighted by Crippen LogP contribution is -2.42. The molecule has 1 aliphatic carbocycles. The average Bonchev–Trinajstić information content (AvgIpc) is 3.31. The first-order valence-corrected chi connectivity index (χ1v) is 10.0. The SMILES string of the molecule is CN=C(NCC1(c2ccccc2F)CC1)N(C)Cc1csc(C(C)OC)n1. The maximum absolute atomic E-state index is 14.2. The lowest BCUT2D eigenvalue weighted by atomic mass is 9.95. The van der Waals surface area contributed by atoms with Crippen LogP contribution in [-0.4, -0.2) is 43.6 Å². The number of aromatic nitrogens is 1. The number of halogens is 1. The predicted octanol–water partition coefficient (Wildman–Crippen LogP) is 3.73. The fourth-order valence-corrected chi connectivity index (χ4v) is 4.06. The number of thiazole rings is 1. The molecule has 3 rings (SSSR count). The summed E-state index contributed by atoms with van der Waals surface area (Å²) in [6.45, 7) is 3.32. The molecule has 1 fully saturated rings. The molecule has 5 nitrogen and oxygen atoms in total. The summed E-state index contributed by atoms with van der Waals surface area (Å²) in [5.41, 5.74) is 1.66. The molecule has 0 radical (unpaired) electrons. The highest BCUT2D eigenvalue weighted by atomic mass is 32.1. The van der Waals surface area contributed by atoms with Gasteiger partial charge in [-0.05, 0) is 31.4 Å². The van der Waals surface area contributed by atoms with E-state index in [4.69, 9.17) is 4.74 Å². The molecular weight excluding hydrogens is 363 g/mol. The number of aliphatic imine (C=N–C) groups is 1. The zero-order chi connectivity index (χ0) is 19.4. The number of guanidine groups is 1. The van der Waals surface area contributed by atoms with Gasteiger partial charge in [0.1, 0.15) is 16.9 Å². The van der Waals surface area contributed by atoms with Crippen LogP contribution in [0.1, 0.15) is 42.1 Å². The lowest BCUT2D eigenvalue weighted by Gasteiger charge is -2.24. The minimum atomic E-state index is -0.123. The Morgan fingerprint density at radius 1 is 1.44 bits per heavy atom. The highest BCUT2D eigenvalue weighted by Crippen LogP contribution is 2.48. The molecule has 146 valence electrons. The van der Waals surface area contributed by atoms with Crippen LogP contribution >= 0.6 is 11.3 Å². The van der Waals surface area contributed by atoms with Crippen LogP contribution in [0.15, 0.2) is 34.6 Å². The number of hydrogen-bond donors (Lipinski definition) is 1. The van der Waals surface area contributed by atoms with E-state index in [1.54, 1.807) is 31.6 Å². The largest absolute Gasteiger partial charge is 0.375 e. The van der Waals surface area contributed by atoms with Gasteiger partial charge in [0, 0.05) is 38.5 Å². The number of rotatable bonds is 7. The fourth-order valence-electron chi connectivity index (χ4n) is 3.22. The van der Waals surface area contributed by atoms with Crippen LogP contribution in [0.4, 0.5) is 4.39 Å². The topological polar surface area (TPSA) is 49.8 Å². The van der Waals surface area contributed by atoms with Crippen LogP contribution in [-0.2, 0) is 16.7 Å². The molecule has 0 aliphatic heterocycles. The molecule has 0 bridgehead atoms. The Kier molecular flexibility index (Phi) is 6.11. The van der Waals surface area contributed by atoms with E-state index in [1.807, 2.05) is 31.0 Å². The Bertz CT molecular complexity index is 803. The summed E-state index contributed by atoms with van der Waals surface area (Å²) in [4.78, 5) is 11.1. The summed E-state index contributed by atoms with van der Waals surface area (Å²) < 4.78 is 19.5. The number of ether oxygens (including phenoxy) is 1. The van der Waals surface area contributed by atoms with Crippen molar-refractivity contribution < 1.29 is 9.13 Å². The Balaban J connectivity index is 1.61. The first kappa shape index (κ1) is 19.8. The number of methoxy groups -OCH3 is 1. The summed E-state index contributed by atoms with van der Waals surface area (Å²) in [7, 11) is 5.44. The van der Waals surface area contributed by atoms with E-state index in [0.717, 1.165) is 35.1 Å². The van der Waals surface area contributed by atoms with Crippen LogP contribution in [0.25, 0.3) is 0 Å². The molecule has 7 heteroatoms. The van der Waals surface area contributed by atoms with Crippen molar-refractivity contribution in [3.63, 3.8) is 0 Å². The van der Waals surface area contributed by atoms with Gasteiger partial charge in [-0.2, -0.15) is 0 Å². The Morgan fingerprint density at radius 2 is 2.19 bits per heavy atom. The second-order valence-corrected chi connectivity index (χ2v) is 7.96. The van der Waals surface area contributed by atoms with Crippen LogP contribution in [0.2, 0.25) is 0 Å². The molecule has 2 aromatic rings. The maximum Gasteiger partial charge on any atom is 0.193 e. The first-order chi connectivity index (χ1) is 13.0. The van der Waals surface area contributed by atoms with E-state index in [-0.39, 0.29) is 17.3 Å². The van der Waals surface area contributed by atoms with Gasteiger partial charge in [0.05, 0.1) is 12.2 Å². The van der Waals surface area contributed by atoms with Crippen molar-refractivity contribution in [1.82, 2.24) is 15.2 Å². The van der Waals surface area contributed by atoms with Gasteiger partial charge in [-0.3, -0.25) is 4.99 Å². The Morgan fingerprint density at radius 3 is 2.81 bits per heavy atom. The van der Waals surface area contributed by atoms with Gasteiger partial charge in [0.15, 0.2) is 5.96 Å². The van der Waals surface area contributed by atoms with E-state index >= 15 is 0 Å². The molecule has 1 aromatic heterocycles. The molecule has 1 aromatic carbocycles. The average molecular weight is 391 g/mol. The number of nitrogens with one attached hydrogen (secondary N) is 1. The van der Waals surface area contributed by atoms with Gasteiger partial charge in [0.2, 0.25) is 0 Å². The number of nitrogens with zero attached hydrogens (tertiary/aromatic N) is 3. The van der Waals surface area contributed by atoms with Gasteiger partial charge in [-0.1, -0.05) is 18.2 Å². The Hall–Kier alpha value is -1.99. The monoisotopic (exact) mass is 390 g/mol. The summed E-state index contributed by atoms with van der Waals surface area (Å²) in [6, 6.07) is 7.07. The minimum Gasteiger partial charge on any atom is -0.375 e. The molecule has 1 N–H and O–H groups in total. The summed E-state index contributed by atoms with van der Waals surface area (Å²) in [5.74, 6) is 0.661. The van der Waals surface area contributed by atoms with Crippen molar-refractivity contribution in [2.75, 3.05) is 27.7 Å². The van der Waals surface area contributed by atoms with Crippen LogP contribution in [0.3, 0.4) is 0 Å². The molecular formula is C20H27FN4OS. The highest BCUT2D eigenvalue weighted by Gasteiger charge is 2.45. The molecule has 1 saturated carbocycles. The standard InChI is InChI=1S/C20H27FN4OS/c1-14(26-4)18-24-15(12-27-18)11-25(3)19(22-2)23-13-20(9-10-20)16-7-5-6-8-17(16)21/h5-8,12,14H,9-11,13H2,1-4H3,(H,22,23). The molecule has 1 heterocycles.